The molecule has 0 aromatic rings. The number of hydrogen-bond acceptors (Lipinski definition) is 4. The van der Waals surface area contributed by atoms with Gasteiger partial charge in [-0.2, -0.15) is 0 Å². The Hall–Kier alpha value is -1.40. The minimum absolute atomic E-state index is 0.227. The van der Waals surface area contributed by atoms with Gasteiger partial charge in [0.05, 0.1) is 5.70 Å². The van der Waals surface area contributed by atoms with Crippen molar-refractivity contribution in [3.8, 4) is 0 Å². The van der Waals surface area contributed by atoms with E-state index in [0.717, 1.165) is 65.2 Å². The van der Waals surface area contributed by atoms with Gasteiger partial charge in [-0.3, -0.25) is 0 Å². The molecule has 0 spiro atoms. The maximum atomic E-state index is 12.8. The summed E-state index contributed by atoms with van der Waals surface area (Å²) in [4.78, 5) is 23.0. The Morgan fingerprint density at radius 3 is 2.36 bits per heavy atom. The molecule has 2 aliphatic heterocycles. The molecule has 2 saturated heterocycles. The van der Waals surface area contributed by atoms with Gasteiger partial charge in [0.1, 0.15) is 0 Å². The number of piperazine rings is 1. The van der Waals surface area contributed by atoms with Crippen LogP contribution in [0.1, 0.15) is 12.8 Å². The van der Waals surface area contributed by atoms with Crippen LogP contribution in [-0.4, -0.2) is 91.3 Å². The molecule has 25 heavy (non-hydrogen) atoms. The minimum Gasteiger partial charge on any atom is -0.367 e. The summed E-state index contributed by atoms with van der Waals surface area (Å²) in [7, 11) is 2.14. The van der Waals surface area contributed by atoms with Gasteiger partial charge in [0.25, 0.3) is 0 Å². The van der Waals surface area contributed by atoms with Crippen LogP contribution in [0.4, 0.5) is 4.79 Å². The molecule has 0 saturated carbocycles. The van der Waals surface area contributed by atoms with E-state index in [1.54, 1.807) is 11.8 Å². The highest BCUT2D eigenvalue weighted by molar-refractivity contribution is 8.02. The van der Waals surface area contributed by atoms with Gasteiger partial charge in [-0.25, -0.2) is 4.79 Å². The fourth-order valence-electron chi connectivity index (χ4n) is 3.61. The van der Waals surface area contributed by atoms with Crippen molar-refractivity contribution in [3.05, 3.63) is 34.9 Å². The molecule has 0 radical (unpaired) electrons. The molecule has 0 aromatic carbocycles. The van der Waals surface area contributed by atoms with Gasteiger partial charge in [-0.15, -0.1) is 11.8 Å². The fourth-order valence-corrected chi connectivity index (χ4v) is 4.25. The number of hydrogen-bond donors (Lipinski definition) is 0. The van der Waals surface area contributed by atoms with Crippen molar-refractivity contribution < 1.29 is 4.79 Å². The van der Waals surface area contributed by atoms with Crippen LogP contribution in [0.25, 0.3) is 0 Å². The summed E-state index contributed by atoms with van der Waals surface area (Å²) < 4.78 is 0. The van der Waals surface area contributed by atoms with Gasteiger partial charge in [0.2, 0.25) is 0 Å². The maximum absolute atomic E-state index is 12.8. The molecule has 0 atom stereocenters. The van der Waals surface area contributed by atoms with E-state index in [4.69, 9.17) is 0 Å². The minimum atomic E-state index is 0.227. The van der Waals surface area contributed by atoms with E-state index in [0.29, 0.717) is 0 Å². The zero-order chi connectivity index (χ0) is 17.6. The number of amides is 2. The number of urea groups is 1. The lowest BCUT2D eigenvalue weighted by molar-refractivity contribution is 0.126. The van der Waals surface area contributed by atoms with Crippen LogP contribution in [0.2, 0.25) is 0 Å². The van der Waals surface area contributed by atoms with E-state index < -0.39 is 0 Å². The number of carbonyl (C=O) groups is 1. The lowest BCUT2D eigenvalue weighted by atomic mass is 10.2. The van der Waals surface area contributed by atoms with Crippen LogP contribution >= 0.6 is 11.8 Å². The molecule has 0 N–H and O–H groups in total. The molecule has 6 heteroatoms. The molecule has 0 aromatic heterocycles. The second-order valence-electron chi connectivity index (χ2n) is 6.89. The Balaban J connectivity index is 1.59. The predicted molar refractivity (Wildman–Crippen MR) is 106 cm³/mol. The van der Waals surface area contributed by atoms with Crippen molar-refractivity contribution in [2.75, 3.05) is 65.7 Å². The number of nitrogens with zero attached hydrogens (tertiary/aromatic N) is 4. The summed E-state index contributed by atoms with van der Waals surface area (Å²) >= 11 is 1.80. The maximum Gasteiger partial charge on any atom is 0.320 e. The molecule has 5 nitrogen and oxygen atoms in total. The van der Waals surface area contributed by atoms with Gasteiger partial charge < -0.3 is 19.6 Å². The molecule has 1 aliphatic carbocycles. The Morgan fingerprint density at radius 2 is 1.60 bits per heavy atom. The molecule has 0 unspecified atom stereocenters. The van der Waals surface area contributed by atoms with Crippen LogP contribution in [0.15, 0.2) is 34.9 Å². The summed E-state index contributed by atoms with van der Waals surface area (Å²) in [6.07, 6.45) is 13.1. The molecule has 3 aliphatic rings. The number of allylic oxidation sites excluding steroid dienone is 4. The van der Waals surface area contributed by atoms with Gasteiger partial charge >= 0.3 is 6.03 Å². The predicted octanol–water partition coefficient (Wildman–Crippen LogP) is 2.45. The van der Waals surface area contributed by atoms with Crippen molar-refractivity contribution in [2.24, 2.45) is 0 Å². The Labute approximate surface area is 156 Å². The van der Waals surface area contributed by atoms with Gasteiger partial charge in [0.15, 0.2) is 0 Å². The van der Waals surface area contributed by atoms with Gasteiger partial charge in [-0.1, -0.05) is 18.2 Å². The smallest absolute Gasteiger partial charge is 0.320 e. The lowest BCUT2D eigenvalue weighted by Crippen LogP contribution is -2.53. The van der Waals surface area contributed by atoms with E-state index in [-0.39, 0.29) is 6.03 Å². The van der Waals surface area contributed by atoms with E-state index in [9.17, 15) is 4.79 Å². The molecular formula is C19H30N4OS. The number of likely N-dealkylation sites (N-methyl/N-ethyl adjacent to an activating group) is 1. The van der Waals surface area contributed by atoms with E-state index >= 15 is 0 Å². The third-order valence-electron chi connectivity index (χ3n) is 5.17. The molecule has 2 amide bonds. The molecule has 2 fully saturated rings. The highest BCUT2D eigenvalue weighted by Crippen LogP contribution is 2.26. The first kappa shape index (κ1) is 18.4. The topological polar surface area (TPSA) is 30.0 Å². The standard InChI is InChI=1S/C19H30N4OS/c1-20-9-6-10-22(12-11-20)19(24)23-15-13-21(14-16-23)17-7-4-3-5-8-18(17)25-2/h4-5,7-8H,3,6,9-16H2,1-2H3. The molecular weight excluding hydrogens is 332 g/mol. The highest BCUT2D eigenvalue weighted by Gasteiger charge is 2.27. The van der Waals surface area contributed by atoms with Crippen LogP contribution in [0.5, 0.6) is 0 Å². The number of carbonyl (C=O) groups excluding carboxylic acids is 1. The zero-order valence-corrected chi connectivity index (χ0v) is 16.3. The first-order valence-electron chi connectivity index (χ1n) is 9.27. The highest BCUT2D eigenvalue weighted by atomic mass is 32.2. The summed E-state index contributed by atoms with van der Waals surface area (Å²) in [5.41, 5.74) is 1.31. The summed E-state index contributed by atoms with van der Waals surface area (Å²) in [6, 6.07) is 0.227. The van der Waals surface area contributed by atoms with Gasteiger partial charge in [-0.05, 0) is 38.8 Å². The Kier molecular flexibility index (Phi) is 6.48. The van der Waals surface area contributed by atoms with E-state index in [1.165, 1.54) is 10.6 Å². The van der Waals surface area contributed by atoms with Crippen molar-refractivity contribution in [1.82, 2.24) is 19.6 Å². The Morgan fingerprint density at radius 1 is 0.920 bits per heavy atom. The molecule has 2 heterocycles. The van der Waals surface area contributed by atoms with Crippen molar-refractivity contribution >= 4 is 17.8 Å². The lowest BCUT2D eigenvalue weighted by Gasteiger charge is -2.39. The third-order valence-corrected chi connectivity index (χ3v) is 5.96. The SMILES string of the molecule is CSC1=C(N2CCN(C(=O)N3CCCN(C)CC3)CC2)C=CCC=C1. The van der Waals surface area contributed by atoms with Crippen LogP contribution in [-0.2, 0) is 0 Å². The summed E-state index contributed by atoms with van der Waals surface area (Å²) in [6.45, 7) is 7.26. The largest absolute Gasteiger partial charge is 0.367 e. The third kappa shape index (κ3) is 4.61. The van der Waals surface area contributed by atoms with Crippen molar-refractivity contribution in [2.45, 2.75) is 12.8 Å². The van der Waals surface area contributed by atoms with Crippen LogP contribution in [0.3, 0.4) is 0 Å². The monoisotopic (exact) mass is 362 g/mol. The number of thioether (sulfide) groups is 1. The van der Waals surface area contributed by atoms with Crippen LogP contribution in [0, 0.1) is 0 Å². The summed E-state index contributed by atoms with van der Waals surface area (Å²) in [5.74, 6) is 0. The molecule has 3 rings (SSSR count). The first-order chi connectivity index (χ1) is 12.2. The average molecular weight is 363 g/mol. The molecule has 0 bridgehead atoms. The van der Waals surface area contributed by atoms with E-state index in [2.05, 4.69) is 47.4 Å². The number of rotatable bonds is 2. The zero-order valence-electron chi connectivity index (χ0n) is 15.5. The van der Waals surface area contributed by atoms with Crippen LogP contribution < -0.4 is 0 Å². The second-order valence-corrected chi connectivity index (χ2v) is 7.74. The summed E-state index contributed by atoms with van der Waals surface area (Å²) in [5, 5.41) is 0. The fraction of sp³-hybridized carbons (Fsp3) is 0.632. The van der Waals surface area contributed by atoms with Gasteiger partial charge in [0, 0.05) is 50.7 Å². The van der Waals surface area contributed by atoms with Crippen molar-refractivity contribution in [1.29, 1.82) is 0 Å². The quantitative estimate of drug-likeness (QED) is 0.755. The van der Waals surface area contributed by atoms with Crippen molar-refractivity contribution in [3.63, 3.8) is 0 Å². The normalized spacial score (nSPS) is 23.0. The average Bonchev–Trinajstić information content (AvgIpc) is 3.01. The van der Waals surface area contributed by atoms with E-state index in [1.807, 2.05) is 9.80 Å². The Bertz CT molecular complexity index is 564. The first-order valence-corrected chi connectivity index (χ1v) is 10.5. The molecule has 138 valence electrons. The second kappa shape index (κ2) is 8.81.